The molecule has 0 aliphatic rings. The molecule has 0 radical (unpaired) electrons. The van der Waals surface area contributed by atoms with Crippen LogP contribution >= 0.6 is 0 Å². The zero-order chi connectivity index (χ0) is 33.2. The van der Waals surface area contributed by atoms with Gasteiger partial charge >= 0.3 is 0 Å². The molecule has 0 bridgehead atoms. The summed E-state index contributed by atoms with van der Waals surface area (Å²) in [5.41, 5.74) is 10.2. The van der Waals surface area contributed by atoms with Crippen LogP contribution in [0.15, 0.2) is 160 Å². The Morgan fingerprint density at radius 1 is 0.431 bits per heavy atom. The van der Waals surface area contributed by atoms with Gasteiger partial charge in [0.15, 0.2) is 11.4 Å². The Balaban J connectivity index is 1.19. The van der Waals surface area contributed by atoms with Crippen molar-refractivity contribution < 1.29 is 8.83 Å². The lowest BCUT2D eigenvalue weighted by atomic mass is 10.00. The van der Waals surface area contributed by atoms with E-state index in [1.54, 1.807) is 0 Å². The van der Waals surface area contributed by atoms with Crippen LogP contribution in [0.3, 0.4) is 0 Å². The number of para-hydroxylation sites is 1. The van der Waals surface area contributed by atoms with Crippen LogP contribution in [0.5, 0.6) is 0 Å². The van der Waals surface area contributed by atoms with Crippen molar-refractivity contribution in [2.24, 2.45) is 0 Å². The fourth-order valence-electron chi connectivity index (χ4n) is 8.40. The number of rotatable bonds is 3. The molecular formula is C46H25N3O2. The molecule has 0 saturated carbocycles. The second kappa shape index (κ2) is 9.80. The minimum atomic E-state index is 0.663. The summed E-state index contributed by atoms with van der Waals surface area (Å²) in [6, 6.07) is 53.0. The third-order valence-electron chi connectivity index (χ3n) is 10.6. The van der Waals surface area contributed by atoms with Crippen LogP contribution in [0.1, 0.15) is 0 Å². The first-order valence-corrected chi connectivity index (χ1v) is 17.2. The van der Waals surface area contributed by atoms with Crippen molar-refractivity contribution in [1.29, 1.82) is 0 Å². The lowest BCUT2D eigenvalue weighted by Gasteiger charge is -2.15. The third-order valence-corrected chi connectivity index (χ3v) is 10.6. The molecule has 8 aromatic carbocycles. The fourth-order valence-corrected chi connectivity index (χ4v) is 8.40. The lowest BCUT2D eigenvalue weighted by molar-refractivity contribution is 0.664. The van der Waals surface area contributed by atoms with Gasteiger partial charge in [-0.25, -0.2) is 9.97 Å². The van der Waals surface area contributed by atoms with Crippen LogP contribution in [0.4, 0.5) is 0 Å². The van der Waals surface area contributed by atoms with Crippen molar-refractivity contribution in [3.05, 3.63) is 152 Å². The van der Waals surface area contributed by atoms with Crippen molar-refractivity contribution >= 4 is 87.4 Å². The van der Waals surface area contributed by atoms with Crippen molar-refractivity contribution in [2.75, 3.05) is 0 Å². The maximum atomic E-state index is 6.66. The first kappa shape index (κ1) is 26.9. The third kappa shape index (κ3) is 3.59. The fraction of sp³-hybridized carbons (Fsp3) is 0. The Morgan fingerprint density at radius 3 is 1.78 bits per heavy atom. The quantitative estimate of drug-likeness (QED) is 0.191. The van der Waals surface area contributed by atoms with Crippen molar-refractivity contribution in [3.63, 3.8) is 0 Å². The normalized spacial score (nSPS) is 12.3. The number of furan rings is 1. The van der Waals surface area contributed by atoms with E-state index in [9.17, 15) is 0 Å². The summed E-state index contributed by atoms with van der Waals surface area (Å²) in [7, 11) is 0. The lowest BCUT2D eigenvalue weighted by Crippen LogP contribution is -1.99. The summed E-state index contributed by atoms with van der Waals surface area (Å²) in [5, 5.41) is 10.2. The molecule has 0 atom stereocenters. The van der Waals surface area contributed by atoms with E-state index >= 15 is 0 Å². The van der Waals surface area contributed by atoms with Crippen LogP contribution in [0.25, 0.3) is 116 Å². The van der Waals surface area contributed by atoms with Gasteiger partial charge in [0.05, 0.1) is 16.7 Å². The van der Waals surface area contributed by atoms with E-state index in [1.165, 1.54) is 10.8 Å². The summed E-state index contributed by atoms with van der Waals surface area (Å²) in [6.07, 6.45) is 0. The van der Waals surface area contributed by atoms with Gasteiger partial charge in [0.25, 0.3) is 0 Å². The minimum Gasteiger partial charge on any atom is -0.456 e. The second-order valence-electron chi connectivity index (χ2n) is 13.3. The smallest absolute Gasteiger partial charge is 0.180 e. The molecule has 0 N–H and O–H groups in total. The number of hydrogen-bond donors (Lipinski definition) is 0. The van der Waals surface area contributed by atoms with Crippen LogP contribution in [0.2, 0.25) is 0 Å². The zero-order valence-electron chi connectivity index (χ0n) is 27.1. The van der Waals surface area contributed by atoms with Crippen molar-refractivity contribution in [3.8, 4) is 28.3 Å². The number of hydrogen-bond acceptors (Lipinski definition) is 4. The molecule has 0 saturated heterocycles. The summed E-state index contributed by atoms with van der Waals surface area (Å²) >= 11 is 0. The van der Waals surface area contributed by atoms with Gasteiger partial charge in [-0.1, -0.05) is 103 Å². The zero-order valence-corrected chi connectivity index (χ0v) is 27.1. The number of nitrogens with zero attached hydrogens (tertiary/aromatic N) is 3. The van der Waals surface area contributed by atoms with Crippen LogP contribution in [-0.2, 0) is 0 Å². The van der Waals surface area contributed by atoms with Gasteiger partial charge in [-0.05, 0) is 64.7 Å². The predicted octanol–water partition coefficient (Wildman–Crippen LogP) is 12.5. The second-order valence-corrected chi connectivity index (χ2v) is 13.3. The molecule has 5 nitrogen and oxygen atoms in total. The number of fused-ring (bicyclic) bond motifs is 4. The van der Waals surface area contributed by atoms with E-state index in [-0.39, 0.29) is 0 Å². The van der Waals surface area contributed by atoms with E-state index in [0.717, 1.165) is 93.5 Å². The summed E-state index contributed by atoms with van der Waals surface area (Å²) < 4.78 is 15.5. The molecule has 4 aromatic heterocycles. The largest absolute Gasteiger partial charge is 0.456 e. The Kier molecular flexibility index (Phi) is 5.17. The van der Waals surface area contributed by atoms with E-state index in [1.807, 2.05) is 36.4 Å². The van der Waals surface area contributed by atoms with Gasteiger partial charge in [-0.3, -0.25) is 0 Å². The van der Waals surface area contributed by atoms with Crippen LogP contribution < -0.4 is 0 Å². The molecule has 236 valence electrons. The van der Waals surface area contributed by atoms with E-state index < -0.39 is 0 Å². The molecule has 0 amide bonds. The van der Waals surface area contributed by atoms with Crippen molar-refractivity contribution in [1.82, 2.24) is 14.5 Å². The topological polar surface area (TPSA) is 57.0 Å². The first-order valence-electron chi connectivity index (χ1n) is 17.2. The van der Waals surface area contributed by atoms with Gasteiger partial charge in [0.2, 0.25) is 0 Å². The Morgan fingerprint density at radius 2 is 1.06 bits per heavy atom. The molecule has 0 unspecified atom stereocenters. The number of aromatic nitrogens is 3. The van der Waals surface area contributed by atoms with Crippen LogP contribution in [-0.4, -0.2) is 14.5 Å². The van der Waals surface area contributed by atoms with E-state index in [4.69, 9.17) is 18.8 Å². The molecule has 0 fully saturated rings. The first-order chi connectivity index (χ1) is 25.3. The van der Waals surface area contributed by atoms with E-state index in [2.05, 4.69) is 120 Å². The standard InChI is InChI=1S/C46H25N3O2/c1-2-10-28(11-3-1)43-45-44(32-16-6-7-17-36(32)51-45)48-46(47-43)31-22-25-33(30-15-5-4-14-29(30)31)49-34-23-20-26-12-8-18-37-39(26)41(34)42-35(49)24-21-27-13-9-19-38(50-37)40(27)42/h1-25H. The van der Waals surface area contributed by atoms with E-state index in [0.29, 0.717) is 11.4 Å². The Bertz CT molecular complexity index is 3260. The molecule has 12 rings (SSSR count). The highest BCUT2D eigenvalue weighted by Gasteiger charge is 2.24. The average Bonchev–Trinajstić information content (AvgIpc) is 3.68. The molecule has 4 heterocycles. The highest BCUT2D eigenvalue weighted by atomic mass is 16.3. The molecule has 12 aromatic rings. The number of benzene rings is 8. The van der Waals surface area contributed by atoms with Gasteiger partial charge in [-0.2, -0.15) is 0 Å². The molecule has 0 aliphatic heterocycles. The SMILES string of the molecule is c1ccc(-c2nc(-c3ccc(-n4c5ccc6cccc7oc8cccc9ccc4c(c98)c5c67)c4ccccc34)nc3c2oc2ccccc23)cc1. The summed E-state index contributed by atoms with van der Waals surface area (Å²) in [4.78, 5) is 10.5. The highest BCUT2D eigenvalue weighted by Crippen LogP contribution is 2.46. The summed E-state index contributed by atoms with van der Waals surface area (Å²) in [6.45, 7) is 0. The molecule has 0 spiro atoms. The Hall–Kier alpha value is -6.98. The van der Waals surface area contributed by atoms with Crippen LogP contribution in [0, 0.1) is 0 Å². The van der Waals surface area contributed by atoms with Crippen molar-refractivity contribution in [2.45, 2.75) is 0 Å². The Labute approximate surface area is 289 Å². The summed E-state index contributed by atoms with van der Waals surface area (Å²) in [5.74, 6) is 0.663. The molecule has 0 aliphatic carbocycles. The molecule has 5 heteroatoms. The monoisotopic (exact) mass is 651 g/mol. The van der Waals surface area contributed by atoms with Gasteiger partial charge in [0, 0.05) is 43.4 Å². The predicted molar refractivity (Wildman–Crippen MR) is 208 cm³/mol. The van der Waals surface area contributed by atoms with Gasteiger partial charge < -0.3 is 13.4 Å². The highest BCUT2D eigenvalue weighted by molar-refractivity contribution is 6.33. The average molecular weight is 652 g/mol. The van der Waals surface area contributed by atoms with Gasteiger partial charge in [-0.15, -0.1) is 0 Å². The maximum absolute atomic E-state index is 6.66. The maximum Gasteiger partial charge on any atom is 0.180 e. The minimum absolute atomic E-state index is 0.663. The molecule has 51 heavy (non-hydrogen) atoms. The van der Waals surface area contributed by atoms with Gasteiger partial charge in [0.1, 0.15) is 28.0 Å². The molecular weight excluding hydrogens is 627 g/mol.